The number of anilines is 3. The molecule has 0 saturated heterocycles. The summed E-state index contributed by atoms with van der Waals surface area (Å²) in [5.74, 6) is 0. The standard InChI is InChI=1S/C54H37N/c1-3-17-40(18-4-1)47-27-15-29-53(54(47)41-19-5-2-6-20-41)55(45-34-32-39(33-35-45)43-31-30-38-16-7-8-21-42(38)36-43)52-28-14-13-26-50(52)51-37-44-22-9-10-23-46(44)48-24-11-12-25-49(48)51/h1-37H. The highest BCUT2D eigenvalue weighted by Crippen LogP contribution is 2.49. The first kappa shape index (κ1) is 32.4. The number of para-hydroxylation sites is 1. The van der Waals surface area contributed by atoms with Gasteiger partial charge >= 0.3 is 0 Å². The Morgan fingerprint density at radius 3 is 1.60 bits per heavy atom. The lowest BCUT2D eigenvalue weighted by atomic mass is 9.90. The minimum atomic E-state index is 1.09. The Bertz CT molecular complexity index is 2960. The van der Waals surface area contributed by atoms with E-state index in [2.05, 4.69) is 229 Å². The van der Waals surface area contributed by atoms with E-state index in [1.165, 1.54) is 76.8 Å². The molecule has 0 amide bonds. The van der Waals surface area contributed by atoms with E-state index in [9.17, 15) is 0 Å². The van der Waals surface area contributed by atoms with E-state index >= 15 is 0 Å². The molecule has 0 unspecified atom stereocenters. The molecule has 0 saturated carbocycles. The number of benzene rings is 10. The van der Waals surface area contributed by atoms with Crippen LogP contribution in [-0.4, -0.2) is 0 Å². The molecule has 0 heterocycles. The number of hydrogen-bond donors (Lipinski definition) is 0. The zero-order chi connectivity index (χ0) is 36.6. The summed E-state index contributed by atoms with van der Waals surface area (Å²) in [6, 6.07) is 81.6. The summed E-state index contributed by atoms with van der Waals surface area (Å²) in [5, 5.41) is 7.48. The average Bonchev–Trinajstić information content (AvgIpc) is 3.27. The van der Waals surface area contributed by atoms with E-state index in [1.54, 1.807) is 0 Å². The molecule has 10 aromatic rings. The van der Waals surface area contributed by atoms with Crippen LogP contribution in [0.2, 0.25) is 0 Å². The van der Waals surface area contributed by atoms with Crippen molar-refractivity contribution >= 4 is 49.4 Å². The molecule has 55 heavy (non-hydrogen) atoms. The minimum absolute atomic E-state index is 1.09. The Labute approximate surface area is 322 Å². The fraction of sp³-hybridized carbons (Fsp3) is 0. The minimum Gasteiger partial charge on any atom is -0.309 e. The second-order valence-electron chi connectivity index (χ2n) is 14.1. The lowest BCUT2D eigenvalue weighted by Crippen LogP contribution is -2.13. The third-order valence-corrected chi connectivity index (χ3v) is 10.8. The van der Waals surface area contributed by atoms with Gasteiger partial charge in [-0.1, -0.05) is 188 Å². The van der Waals surface area contributed by atoms with Crippen LogP contribution in [0.4, 0.5) is 17.1 Å². The van der Waals surface area contributed by atoms with Crippen LogP contribution in [0.5, 0.6) is 0 Å². The molecule has 1 heteroatoms. The molecule has 0 radical (unpaired) electrons. The van der Waals surface area contributed by atoms with E-state index in [0.29, 0.717) is 0 Å². The SMILES string of the molecule is c1ccc(-c2cccc(N(c3ccc(-c4ccc5ccccc5c4)cc3)c3ccccc3-c3cc4ccccc4c4ccccc34)c2-c2ccccc2)cc1. The molecule has 0 N–H and O–H groups in total. The summed E-state index contributed by atoms with van der Waals surface area (Å²) in [6.07, 6.45) is 0. The van der Waals surface area contributed by atoms with Crippen molar-refractivity contribution in [3.63, 3.8) is 0 Å². The summed E-state index contributed by atoms with van der Waals surface area (Å²) < 4.78 is 0. The van der Waals surface area contributed by atoms with Gasteiger partial charge in [-0.3, -0.25) is 0 Å². The van der Waals surface area contributed by atoms with E-state index < -0.39 is 0 Å². The van der Waals surface area contributed by atoms with Gasteiger partial charge < -0.3 is 4.90 Å². The molecule has 10 rings (SSSR count). The van der Waals surface area contributed by atoms with Gasteiger partial charge in [-0.2, -0.15) is 0 Å². The van der Waals surface area contributed by atoms with Crippen LogP contribution < -0.4 is 4.90 Å². The van der Waals surface area contributed by atoms with Crippen LogP contribution >= 0.6 is 0 Å². The molecule has 0 atom stereocenters. The molecular formula is C54H37N. The number of hydrogen-bond acceptors (Lipinski definition) is 1. The quantitative estimate of drug-likeness (QED) is 0.150. The van der Waals surface area contributed by atoms with Crippen molar-refractivity contribution < 1.29 is 0 Å². The maximum Gasteiger partial charge on any atom is 0.0546 e. The van der Waals surface area contributed by atoms with E-state index in [1.807, 2.05) is 0 Å². The molecule has 1 nitrogen and oxygen atoms in total. The first-order valence-electron chi connectivity index (χ1n) is 18.9. The summed E-state index contributed by atoms with van der Waals surface area (Å²) in [5.41, 5.74) is 12.8. The first-order chi connectivity index (χ1) is 27.3. The van der Waals surface area contributed by atoms with Crippen LogP contribution in [-0.2, 0) is 0 Å². The van der Waals surface area contributed by atoms with Gasteiger partial charge in [-0.05, 0) is 102 Å². The smallest absolute Gasteiger partial charge is 0.0546 e. The number of nitrogens with zero attached hydrogens (tertiary/aromatic N) is 1. The Kier molecular flexibility index (Phi) is 8.24. The van der Waals surface area contributed by atoms with Crippen molar-refractivity contribution in [2.75, 3.05) is 4.90 Å². The Balaban J connectivity index is 1.24. The Hall–Kier alpha value is -7.22. The van der Waals surface area contributed by atoms with Gasteiger partial charge in [0.25, 0.3) is 0 Å². The van der Waals surface area contributed by atoms with Crippen molar-refractivity contribution in [1.82, 2.24) is 0 Å². The van der Waals surface area contributed by atoms with E-state index in [-0.39, 0.29) is 0 Å². The molecule has 258 valence electrons. The van der Waals surface area contributed by atoms with Gasteiger partial charge in [-0.15, -0.1) is 0 Å². The summed E-state index contributed by atoms with van der Waals surface area (Å²) in [7, 11) is 0. The van der Waals surface area contributed by atoms with E-state index in [0.717, 1.165) is 17.1 Å². The lowest BCUT2D eigenvalue weighted by molar-refractivity contribution is 1.28. The molecular weight excluding hydrogens is 663 g/mol. The van der Waals surface area contributed by atoms with Crippen LogP contribution in [0.15, 0.2) is 224 Å². The zero-order valence-corrected chi connectivity index (χ0v) is 30.3. The summed E-state index contributed by atoms with van der Waals surface area (Å²) in [4.78, 5) is 2.47. The number of rotatable bonds is 7. The largest absolute Gasteiger partial charge is 0.309 e. The molecule has 0 aliphatic heterocycles. The van der Waals surface area contributed by atoms with Gasteiger partial charge in [0.1, 0.15) is 0 Å². The molecule has 0 spiro atoms. The van der Waals surface area contributed by atoms with Crippen molar-refractivity contribution in [1.29, 1.82) is 0 Å². The lowest BCUT2D eigenvalue weighted by Gasteiger charge is -2.31. The molecule has 0 fully saturated rings. The van der Waals surface area contributed by atoms with Crippen molar-refractivity contribution in [2.45, 2.75) is 0 Å². The third-order valence-electron chi connectivity index (χ3n) is 10.8. The van der Waals surface area contributed by atoms with Crippen LogP contribution in [0.1, 0.15) is 0 Å². The predicted molar refractivity (Wildman–Crippen MR) is 235 cm³/mol. The van der Waals surface area contributed by atoms with Gasteiger partial charge in [-0.25, -0.2) is 0 Å². The molecule has 0 bridgehead atoms. The second kappa shape index (κ2) is 14.0. The van der Waals surface area contributed by atoms with Crippen molar-refractivity contribution in [3.05, 3.63) is 224 Å². The Morgan fingerprint density at radius 2 is 0.818 bits per heavy atom. The maximum atomic E-state index is 2.47. The van der Waals surface area contributed by atoms with Crippen LogP contribution in [0.3, 0.4) is 0 Å². The number of fused-ring (bicyclic) bond motifs is 4. The second-order valence-corrected chi connectivity index (χ2v) is 14.1. The summed E-state index contributed by atoms with van der Waals surface area (Å²) in [6.45, 7) is 0. The van der Waals surface area contributed by atoms with Crippen molar-refractivity contribution in [3.8, 4) is 44.5 Å². The maximum absolute atomic E-state index is 2.47. The van der Waals surface area contributed by atoms with Crippen molar-refractivity contribution in [2.24, 2.45) is 0 Å². The normalized spacial score (nSPS) is 11.3. The van der Waals surface area contributed by atoms with Gasteiger partial charge in [0.15, 0.2) is 0 Å². The zero-order valence-electron chi connectivity index (χ0n) is 30.3. The predicted octanol–water partition coefficient (Wildman–Crippen LogP) is 15.3. The summed E-state index contributed by atoms with van der Waals surface area (Å²) >= 11 is 0. The molecule has 10 aromatic carbocycles. The van der Waals surface area contributed by atoms with Gasteiger partial charge in [0.2, 0.25) is 0 Å². The van der Waals surface area contributed by atoms with Gasteiger partial charge in [0.05, 0.1) is 11.4 Å². The average molecular weight is 700 g/mol. The molecule has 0 aromatic heterocycles. The first-order valence-corrected chi connectivity index (χ1v) is 18.9. The van der Waals surface area contributed by atoms with Crippen LogP contribution in [0.25, 0.3) is 76.8 Å². The van der Waals surface area contributed by atoms with Gasteiger partial charge in [0, 0.05) is 16.8 Å². The fourth-order valence-corrected chi connectivity index (χ4v) is 8.25. The highest BCUT2D eigenvalue weighted by atomic mass is 15.1. The highest BCUT2D eigenvalue weighted by molar-refractivity contribution is 6.15. The highest BCUT2D eigenvalue weighted by Gasteiger charge is 2.24. The fourth-order valence-electron chi connectivity index (χ4n) is 8.25. The Morgan fingerprint density at radius 1 is 0.255 bits per heavy atom. The monoisotopic (exact) mass is 699 g/mol. The molecule has 0 aliphatic carbocycles. The topological polar surface area (TPSA) is 3.24 Å². The van der Waals surface area contributed by atoms with Crippen LogP contribution in [0, 0.1) is 0 Å². The molecule has 0 aliphatic rings. The van der Waals surface area contributed by atoms with E-state index in [4.69, 9.17) is 0 Å². The third kappa shape index (κ3) is 5.93.